The molecule has 0 saturated heterocycles. The summed E-state index contributed by atoms with van der Waals surface area (Å²) in [5.74, 6) is 8.00. The van der Waals surface area contributed by atoms with Crippen LogP contribution in [0.15, 0.2) is 60.7 Å². The molecule has 0 radical (unpaired) electrons. The Labute approximate surface area is 178 Å². The average molecular weight is 407 g/mol. The number of hydrogen-bond donors (Lipinski definition) is 3. The molecule has 0 aliphatic heterocycles. The maximum atomic E-state index is 6.40. The van der Waals surface area contributed by atoms with Gasteiger partial charge in [0.1, 0.15) is 11.5 Å². The zero-order valence-corrected chi connectivity index (χ0v) is 17.9. The monoisotopic (exact) mass is 406 g/mol. The number of rotatable bonds is 7. The first-order valence-electron chi connectivity index (χ1n) is 10.0. The molecule has 3 aromatic rings. The highest BCUT2D eigenvalue weighted by molar-refractivity contribution is 5.87. The lowest BCUT2D eigenvalue weighted by molar-refractivity contribution is 0.242. The Morgan fingerprint density at radius 1 is 0.700 bits per heavy atom. The smallest absolute Gasteiger partial charge is 0.119 e. The van der Waals surface area contributed by atoms with E-state index in [0.717, 1.165) is 28.3 Å². The summed E-state index contributed by atoms with van der Waals surface area (Å²) in [7, 11) is 0. The van der Waals surface area contributed by atoms with Crippen LogP contribution in [-0.2, 0) is 0 Å². The summed E-state index contributed by atoms with van der Waals surface area (Å²) >= 11 is 0. The van der Waals surface area contributed by atoms with Gasteiger partial charge >= 0.3 is 0 Å². The van der Waals surface area contributed by atoms with Crippen LogP contribution >= 0.6 is 0 Å². The summed E-state index contributed by atoms with van der Waals surface area (Å²) in [5.41, 5.74) is 16.8. The lowest BCUT2D eigenvalue weighted by atomic mass is 10.0. The van der Waals surface area contributed by atoms with Gasteiger partial charge in [-0.25, -0.2) is 5.84 Å². The molecule has 0 atom stereocenters. The van der Waals surface area contributed by atoms with E-state index >= 15 is 0 Å². The van der Waals surface area contributed by atoms with Crippen molar-refractivity contribution in [3.05, 3.63) is 60.7 Å². The molecule has 0 spiro atoms. The van der Waals surface area contributed by atoms with Crippen molar-refractivity contribution in [1.29, 1.82) is 0 Å². The Kier molecular flexibility index (Phi) is 6.37. The Balaban J connectivity index is 1.90. The maximum Gasteiger partial charge on any atom is 0.119 e. The molecule has 0 aromatic heterocycles. The Hall–Kier alpha value is -3.38. The minimum Gasteiger partial charge on any atom is -0.491 e. The van der Waals surface area contributed by atoms with Gasteiger partial charge in [0.25, 0.3) is 0 Å². The normalized spacial score (nSPS) is 11.0. The van der Waals surface area contributed by atoms with Crippen LogP contribution in [0.1, 0.15) is 27.7 Å². The number of nitrogen functional groups attached to an aromatic ring is 2. The van der Waals surface area contributed by atoms with Crippen molar-refractivity contribution in [1.82, 2.24) is 0 Å². The number of nitrogens with zero attached hydrogens (tertiary/aromatic N) is 1. The molecule has 30 heavy (non-hydrogen) atoms. The molecule has 6 nitrogen and oxygen atoms in total. The summed E-state index contributed by atoms with van der Waals surface area (Å²) < 4.78 is 11.4. The fraction of sp³-hybridized carbons (Fsp3) is 0.250. The van der Waals surface area contributed by atoms with Crippen LogP contribution in [0.2, 0.25) is 0 Å². The standard InChI is InChI=1S/C24H30N4O2/c1-15(2)29-19-9-5-17(6-10-19)21-13-24(23(26)14-22(21)25)28(27)18-7-11-20(12-8-18)30-16(3)4/h5-16H,25-27H2,1-4H3. The van der Waals surface area contributed by atoms with E-state index in [-0.39, 0.29) is 12.2 Å². The first-order chi connectivity index (χ1) is 14.2. The van der Waals surface area contributed by atoms with Crippen molar-refractivity contribution in [2.45, 2.75) is 39.9 Å². The second-order valence-electron chi connectivity index (χ2n) is 7.72. The predicted molar refractivity (Wildman–Crippen MR) is 125 cm³/mol. The van der Waals surface area contributed by atoms with E-state index in [0.29, 0.717) is 17.1 Å². The summed E-state index contributed by atoms with van der Waals surface area (Å²) in [4.78, 5) is 0. The number of anilines is 4. The topological polar surface area (TPSA) is 99.8 Å². The molecule has 0 bridgehead atoms. The van der Waals surface area contributed by atoms with Gasteiger partial charge in [0.2, 0.25) is 0 Å². The van der Waals surface area contributed by atoms with Crippen molar-refractivity contribution in [2.75, 3.05) is 16.5 Å². The van der Waals surface area contributed by atoms with Crippen molar-refractivity contribution >= 4 is 22.7 Å². The molecule has 6 N–H and O–H groups in total. The second-order valence-corrected chi connectivity index (χ2v) is 7.72. The highest BCUT2D eigenvalue weighted by Crippen LogP contribution is 2.37. The van der Waals surface area contributed by atoms with Gasteiger partial charge in [0, 0.05) is 11.3 Å². The third kappa shape index (κ3) is 4.96. The van der Waals surface area contributed by atoms with Crippen LogP contribution in [0.3, 0.4) is 0 Å². The summed E-state index contributed by atoms with van der Waals surface area (Å²) in [6.07, 6.45) is 0.227. The molecule has 6 heteroatoms. The number of benzene rings is 3. The quantitative estimate of drug-likeness (QED) is 0.287. The highest BCUT2D eigenvalue weighted by atomic mass is 16.5. The van der Waals surface area contributed by atoms with Gasteiger partial charge in [-0.15, -0.1) is 0 Å². The second kappa shape index (κ2) is 8.97. The predicted octanol–water partition coefficient (Wildman–Crippen LogP) is 5.10. The number of nitrogens with two attached hydrogens (primary N) is 3. The van der Waals surface area contributed by atoms with E-state index < -0.39 is 0 Å². The molecule has 0 heterocycles. The molecule has 3 rings (SSSR count). The first-order valence-corrected chi connectivity index (χ1v) is 10.0. The van der Waals surface area contributed by atoms with Crippen molar-refractivity contribution in [3.63, 3.8) is 0 Å². The summed E-state index contributed by atoms with van der Waals surface area (Å²) in [5, 5.41) is 1.55. The van der Waals surface area contributed by atoms with E-state index in [1.807, 2.05) is 82.3 Å². The Morgan fingerprint density at radius 2 is 1.20 bits per heavy atom. The van der Waals surface area contributed by atoms with Crippen LogP contribution in [-0.4, -0.2) is 12.2 Å². The van der Waals surface area contributed by atoms with Crippen LogP contribution in [0.4, 0.5) is 22.7 Å². The van der Waals surface area contributed by atoms with Gasteiger partial charge in [-0.1, -0.05) is 12.1 Å². The molecule has 0 unspecified atom stereocenters. The first kappa shape index (κ1) is 21.3. The molecule has 0 aliphatic carbocycles. The lowest BCUT2D eigenvalue weighted by Crippen LogP contribution is -2.26. The number of hydrazine groups is 1. The fourth-order valence-electron chi connectivity index (χ4n) is 3.16. The van der Waals surface area contributed by atoms with Crippen LogP contribution in [0.5, 0.6) is 11.5 Å². The van der Waals surface area contributed by atoms with Crippen LogP contribution in [0, 0.1) is 0 Å². The van der Waals surface area contributed by atoms with E-state index in [1.54, 1.807) is 11.1 Å². The van der Waals surface area contributed by atoms with E-state index in [2.05, 4.69) is 0 Å². The third-order valence-corrected chi connectivity index (χ3v) is 4.48. The molecule has 0 amide bonds. The molecule has 0 fully saturated rings. The number of ether oxygens (including phenoxy) is 2. The minimum absolute atomic E-state index is 0.109. The molecule has 158 valence electrons. The SMILES string of the molecule is CC(C)Oc1ccc(-c2cc(N(N)c3ccc(OC(C)C)cc3)c(N)cc2N)cc1. The molecular weight excluding hydrogens is 376 g/mol. The van der Waals surface area contributed by atoms with Crippen LogP contribution in [0.25, 0.3) is 11.1 Å². The van der Waals surface area contributed by atoms with Gasteiger partial charge in [0.05, 0.1) is 29.3 Å². The summed E-state index contributed by atoms with van der Waals surface area (Å²) in [6, 6.07) is 19.0. The van der Waals surface area contributed by atoms with Gasteiger partial charge in [-0.2, -0.15) is 0 Å². The Morgan fingerprint density at radius 3 is 1.70 bits per heavy atom. The average Bonchev–Trinajstić information content (AvgIpc) is 2.68. The highest BCUT2D eigenvalue weighted by Gasteiger charge is 2.14. The van der Waals surface area contributed by atoms with E-state index in [9.17, 15) is 0 Å². The largest absolute Gasteiger partial charge is 0.491 e. The zero-order chi connectivity index (χ0) is 21.8. The van der Waals surface area contributed by atoms with Crippen LogP contribution < -0.4 is 31.8 Å². The number of hydrogen-bond acceptors (Lipinski definition) is 6. The van der Waals surface area contributed by atoms with Crippen molar-refractivity contribution in [2.24, 2.45) is 5.84 Å². The minimum atomic E-state index is 0.109. The van der Waals surface area contributed by atoms with Crippen molar-refractivity contribution < 1.29 is 9.47 Å². The Bertz CT molecular complexity index is 983. The van der Waals surface area contributed by atoms with E-state index in [1.165, 1.54) is 0 Å². The fourth-order valence-corrected chi connectivity index (χ4v) is 3.16. The van der Waals surface area contributed by atoms with Gasteiger partial charge in [-0.05, 0) is 81.8 Å². The molecule has 0 aliphatic rings. The third-order valence-electron chi connectivity index (χ3n) is 4.48. The maximum absolute atomic E-state index is 6.40. The van der Waals surface area contributed by atoms with Gasteiger partial charge in [0.15, 0.2) is 0 Å². The molecule has 0 saturated carbocycles. The molecule has 3 aromatic carbocycles. The lowest BCUT2D eigenvalue weighted by Gasteiger charge is -2.23. The van der Waals surface area contributed by atoms with Gasteiger partial charge in [-0.3, -0.25) is 5.01 Å². The molecular formula is C24H30N4O2. The zero-order valence-electron chi connectivity index (χ0n) is 17.9. The van der Waals surface area contributed by atoms with Crippen molar-refractivity contribution in [3.8, 4) is 22.6 Å². The van der Waals surface area contributed by atoms with Gasteiger partial charge < -0.3 is 20.9 Å². The van der Waals surface area contributed by atoms with E-state index in [4.69, 9.17) is 26.8 Å². The summed E-state index contributed by atoms with van der Waals surface area (Å²) in [6.45, 7) is 7.97.